The molecule has 0 saturated heterocycles. The number of fused-ring (bicyclic) bond motifs is 2. The molecule has 4 nitrogen and oxygen atoms in total. The van der Waals surface area contributed by atoms with Crippen molar-refractivity contribution in [2.24, 2.45) is 0 Å². The van der Waals surface area contributed by atoms with Crippen molar-refractivity contribution in [2.75, 3.05) is 0 Å². The van der Waals surface area contributed by atoms with Crippen LogP contribution in [0.5, 0.6) is 0 Å². The second-order valence-corrected chi connectivity index (χ2v) is 4.30. The summed E-state index contributed by atoms with van der Waals surface area (Å²) in [5.74, 6) is 0.440. The molecule has 2 aromatic rings. The van der Waals surface area contributed by atoms with Crippen molar-refractivity contribution in [2.45, 2.75) is 20.4 Å². The molecule has 0 spiro atoms. The lowest BCUT2D eigenvalue weighted by molar-refractivity contribution is 0.0971. The van der Waals surface area contributed by atoms with Crippen LogP contribution >= 0.6 is 0 Å². The highest BCUT2D eigenvalue weighted by atomic mass is 16.1. The molecule has 4 heteroatoms. The SMILES string of the molecule is CCn1c(C)nc2c1C(=O)c1ccccc1C2=O. The first-order valence-electron chi connectivity index (χ1n) is 5.90. The Morgan fingerprint density at radius 1 is 1.11 bits per heavy atom. The van der Waals surface area contributed by atoms with Crippen LogP contribution in [0.1, 0.15) is 44.9 Å². The minimum atomic E-state index is -0.157. The van der Waals surface area contributed by atoms with Crippen LogP contribution in [0, 0.1) is 6.92 Å². The van der Waals surface area contributed by atoms with Gasteiger partial charge in [0.2, 0.25) is 11.6 Å². The fourth-order valence-corrected chi connectivity index (χ4v) is 2.47. The van der Waals surface area contributed by atoms with E-state index >= 15 is 0 Å². The van der Waals surface area contributed by atoms with Crippen molar-refractivity contribution in [3.8, 4) is 0 Å². The number of carbonyl (C=O) groups is 2. The molecule has 1 aliphatic carbocycles. The van der Waals surface area contributed by atoms with Gasteiger partial charge in [-0.2, -0.15) is 0 Å². The average Bonchev–Trinajstić information content (AvgIpc) is 2.73. The van der Waals surface area contributed by atoms with Gasteiger partial charge in [0.05, 0.1) is 0 Å². The van der Waals surface area contributed by atoms with Crippen molar-refractivity contribution in [1.82, 2.24) is 9.55 Å². The molecule has 3 rings (SSSR count). The average molecular weight is 240 g/mol. The summed E-state index contributed by atoms with van der Waals surface area (Å²) >= 11 is 0. The van der Waals surface area contributed by atoms with Gasteiger partial charge in [-0.05, 0) is 13.8 Å². The summed E-state index contributed by atoms with van der Waals surface area (Å²) in [5, 5.41) is 0. The highest BCUT2D eigenvalue weighted by Gasteiger charge is 2.34. The van der Waals surface area contributed by atoms with E-state index in [4.69, 9.17) is 0 Å². The van der Waals surface area contributed by atoms with Gasteiger partial charge < -0.3 is 4.57 Å². The molecule has 1 aromatic heterocycles. The smallest absolute Gasteiger partial charge is 0.214 e. The molecule has 1 aliphatic rings. The monoisotopic (exact) mass is 240 g/mol. The van der Waals surface area contributed by atoms with E-state index < -0.39 is 0 Å². The minimum Gasteiger partial charge on any atom is -0.325 e. The summed E-state index contributed by atoms with van der Waals surface area (Å²) in [6.45, 7) is 4.38. The number of nitrogens with zero attached hydrogens (tertiary/aromatic N) is 2. The van der Waals surface area contributed by atoms with Crippen LogP contribution in [0.4, 0.5) is 0 Å². The molecule has 0 atom stereocenters. The second-order valence-electron chi connectivity index (χ2n) is 4.30. The number of imidazole rings is 1. The van der Waals surface area contributed by atoms with Gasteiger partial charge in [-0.3, -0.25) is 9.59 Å². The summed E-state index contributed by atoms with van der Waals surface area (Å²) in [4.78, 5) is 29.0. The molecule has 0 amide bonds. The normalized spacial score (nSPS) is 13.4. The molecular formula is C14H12N2O2. The number of aromatic nitrogens is 2. The van der Waals surface area contributed by atoms with E-state index in [0.717, 1.165) is 0 Å². The lowest BCUT2D eigenvalue weighted by Gasteiger charge is -2.15. The van der Waals surface area contributed by atoms with Crippen LogP contribution in [-0.2, 0) is 6.54 Å². The van der Waals surface area contributed by atoms with E-state index in [2.05, 4.69) is 4.98 Å². The third-order valence-electron chi connectivity index (χ3n) is 3.32. The molecule has 0 radical (unpaired) electrons. The topological polar surface area (TPSA) is 52.0 Å². The van der Waals surface area contributed by atoms with E-state index in [-0.39, 0.29) is 17.3 Å². The van der Waals surface area contributed by atoms with Crippen molar-refractivity contribution >= 4 is 11.6 Å². The number of rotatable bonds is 1. The Kier molecular flexibility index (Phi) is 2.20. The summed E-state index contributed by atoms with van der Waals surface area (Å²) in [5.41, 5.74) is 1.65. The first-order valence-corrected chi connectivity index (χ1v) is 5.90. The predicted molar refractivity (Wildman–Crippen MR) is 65.9 cm³/mol. The molecule has 0 aliphatic heterocycles. The van der Waals surface area contributed by atoms with Crippen molar-refractivity contribution in [3.63, 3.8) is 0 Å². The molecule has 0 N–H and O–H groups in total. The Labute approximate surface area is 104 Å². The van der Waals surface area contributed by atoms with Gasteiger partial charge in [0, 0.05) is 17.7 Å². The van der Waals surface area contributed by atoms with Crippen molar-refractivity contribution in [1.29, 1.82) is 0 Å². The first kappa shape index (κ1) is 10.9. The second kappa shape index (κ2) is 3.63. The lowest BCUT2D eigenvalue weighted by atomic mass is 9.90. The third kappa shape index (κ3) is 1.23. The zero-order valence-corrected chi connectivity index (χ0v) is 10.2. The van der Waals surface area contributed by atoms with Gasteiger partial charge >= 0.3 is 0 Å². The highest BCUT2D eigenvalue weighted by Crippen LogP contribution is 2.27. The van der Waals surface area contributed by atoms with Crippen LogP contribution in [0.25, 0.3) is 0 Å². The molecule has 0 bridgehead atoms. The fraction of sp³-hybridized carbons (Fsp3) is 0.214. The molecule has 18 heavy (non-hydrogen) atoms. The number of hydrogen-bond donors (Lipinski definition) is 0. The van der Waals surface area contributed by atoms with Gasteiger partial charge in [-0.25, -0.2) is 4.98 Å². The molecular weight excluding hydrogens is 228 g/mol. The zero-order chi connectivity index (χ0) is 12.9. The molecule has 0 fully saturated rings. The van der Waals surface area contributed by atoms with E-state index in [0.29, 0.717) is 29.2 Å². The Morgan fingerprint density at radius 2 is 1.72 bits per heavy atom. The van der Waals surface area contributed by atoms with E-state index in [1.165, 1.54) is 0 Å². The van der Waals surface area contributed by atoms with Crippen LogP contribution in [0.2, 0.25) is 0 Å². The van der Waals surface area contributed by atoms with Crippen molar-refractivity contribution in [3.05, 3.63) is 52.6 Å². The molecule has 90 valence electrons. The van der Waals surface area contributed by atoms with Gasteiger partial charge in [0.25, 0.3) is 0 Å². The molecule has 0 saturated carbocycles. The zero-order valence-electron chi connectivity index (χ0n) is 10.2. The number of ketones is 2. The molecule has 0 unspecified atom stereocenters. The Morgan fingerprint density at radius 3 is 2.33 bits per heavy atom. The van der Waals surface area contributed by atoms with Crippen LogP contribution in [0.15, 0.2) is 24.3 Å². The molecule has 1 aromatic carbocycles. The molecule has 1 heterocycles. The summed E-state index contributed by atoms with van der Waals surface area (Å²) in [6, 6.07) is 6.91. The maximum Gasteiger partial charge on any atom is 0.214 e. The maximum absolute atomic E-state index is 12.4. The van der Waals surface area contributed by atoms with Gasteiger partial charge in [0.1, 0.15) is 17.2 Å². The Hall–Kier alpha value is -2.23. The summed E-state index contributed by atoms with van der Waals surface area (Å²) < 4.78 is 1.80. The number of carbonyl (C=O) groups excluding carboxylic acids is 2. The first-order chi connectivity index (χ1) is 8.65. The maximum atomic E-state index is 12.4. The Bertz CT molecular complexity index is 683. The Balaban J connectivity index is 2.34. The number of benzene rings is 1. The standard InChI is InChI=1S/C14H12N2O2/c1-3-16-8(2)15-11-12(16)14(18)10-7-5-4-6-9(10)13(11)17/h4-7H,3H2,1-2H3. The fourth-order valence-electron chi connectivity index (χ4n) is 2.47. The third-order valence-corrected chi connectivity index (χ3v) is 3.32. The van der Waals surface area contributed by atoms with E-state index in [1.807, 2.05) is 13.8 Å². The lowest BCUT2D eigenvalue weighted by Crippen LogP contribution is -2.23. The van der Waals surface area contributed by atoms with Crippen molar-refractivity contribution < 1.29 is 9.59 Å². The highest BCUT2D eigenvalue weighted by molar-refractivity contribution is 6.27. The predicted octanol–water partition coefficient (Wildman–Crippen LogP) is 1.99. The largest absolute Gasteiger partial charge is 0.325 e. The number of hydrogen-bond acceptors (Lipinski definition) is 3. The van der Waals surface area contributed by atoms with Crippen LogP contribution in [-0.4, -0.2) is 21.1 Å². The van der Waals surface area contributed by atoms with Gasteiger partial charge in [0.15, 0.2) is 0 Å². The van der Waals surface area contributed by atoms with Gasteiger partial charge in [-0.15, -0.1) is 0 Å². The van der Waals surface area contributed by atoms with E-state index in [1.54, 1.807) is 28.8 Å². The summed E-state index contributed by atoms with van der Waals surface area (Å²) in [7, 11) is 0. The minimum absolute atomic E-state index is 0.109. The quantitative estimate of drug-likeness (QED) is 0.653. The van der Waals surface area contributed by atoms with Gasteiger partial charge in [-0.1, -0.05) is 24.3 Å². The number of aryl methyl sites for hydroxylation is 1. The van der Waals surface area contributed by atoms with E-state index in [9.17, 15) is 9.59 Å². The van der Waals surface area contributed by atoms with Crippen LogP contribution in [0.3, 0.4) is 0 Å². The summed E-state index contributed by atoms with van der Waals surface area (Å²) in [6.07, 6.45) is 0. The van der Waals surface area contributed by atoms with Crippen LogP contribution < -0.4 is 0 Å².